The monoisotopic (exact) mass is 450 g/mol. The summed E-state index contributed by atoms with van der Waals surface area (Å²) in [6, 6.07) is 7.64. The van der Waals surface area contributed by atoms with Crippen molar-refractivity contribution in [2.24, 2.45) is 0 Å². The summed E-state index contributed by atoms with van der Waals surface area (Å²) in [6.45, 7) is -0.497. The van der Waals surface area contributed by atoms with E-state index in [2.05, 4.69) is 21.2 Å². The first-order valence-electron chi connectivity index (χ1n) is 7.72. The lowest BCUT2D eigenvalue weighted by molar-refractivity contribution is -0.385. The standard InChI is InChI=1S/C16H11BrN4O7/c17-11-3-1-9(20(24)25)5-12(11)18-15(22)7-19-8-16(23)28-14-6-10(21(26)27)2-4-13(14)19/h1-6H,7-8H2,(H,18,22). The Bertz CT molecular complexity index is 1010. The second-order valence-electron chi connectivity index (χ2n) is 5.71. The predicted octanol–water partition coefficient (Wildman–Crippen LogP) is 2.63. The molecule has 1 aliphatic heterocycles. The molecule has 3 rings (SSSR count). The molecule has 11 nitrogen and oxygen atoms in total. The van der Waals surface area contributed by atoms with Gasteiger partial charge in [-0.05, 0) is 28.1 Å². The van der Waals surface area contributed by atoms with Gasteiger partial charge in [-0.3, -0.25) is 25.0 Å². The van der Waals surface area contributed by atoms with Gasteiger partial charge in [0.05, 0.1) is 33.8 Å². The molecule has 0 bridgehead atoms. The molecule has 1 N–H and O–H groups in total. The number of halogens is 1. The number of nitro benzene ring substituents is 2. The van der Waals surface area contributed by atoms with Gasteiger partial charge in [-0.15, -0.1) is 0 Å². The van der Waals surface area contributed by atoms with E-state index >= 15 is 0 Å². The Hall–Kier alpha value is -3.54. The van der Waals surface area contributed by atoms with E-state index in [1.807, 2.05) is 0 Å². The smallest absolute Gasteiger partial charge is 0.331 e. The molecule has 28 heavy (non-hydrogen) atoms. The van der Waals surface area contributed by atoms with E-state index in [4.69, 9.17) is 4.74 Å². The summed E-state index contributed by atoms with van der Waals surface area (Å²) in [7, 11) is 0. The third-order valence-electron chi connectivity index (χ3n) is 3.81. The molecule has 0 atom stereocenters. The molecule has 0 aliphatic carbocycles. The minimum absolute atomic E-state index is 0.0187. The third kappa shape index (κ3) is 4.06. The lowest BCUT2D eigenvalue weighted by atomic mass is 10.2. The van der Waals surface area contributed by atoms with E-state index in [1.54, 1.807) is 0 Å². The summed E-state index contributed by atoms with van der Waals surface area (Å²) in [5.74, 6) is -1.23. The average molecular weight is 451 g/mol. The highest BCUT2D eigenvalue weighted by molar-refractivity contribution is 9.10. The van der Waals surface area contributed by atoms with Crippen molar-refractivity contribution < 1.29 is 24.2 Å². The topological polar surface area (TPSA) is 145 Å². The van der Waals surface area contributed by atoms with Crippen LogP contribution in [0.3, 0.4) is 0 Å². The largest absolute Gasteiger partial charge is 0.423 e. The Morgan fingerprint density at radius 2 is 1.79 bits per heavy atom. The highest BCUT2D eigenvalue weighted by Crippen LogP contribution is 2.35. The maximum atomic E-state index is 12.4. The number of carbonyl (C=O) groups excluding carboxylic acids is 2. The van der Waals surface area contributed by atoms with Gasteiger partial charge in [-0.1, -0.05) is 0 Å². The predicted molar refractivity (Wildman–Crippen MR) is 100 cm³/mol. The number of benzene rings is 2. The SMILES string of the molecule is O=C(CN1CC(=O)Oc2cc([N+](=O)[O-])ccc21)Nc1cc([N+](=O)[O-])ccc1Br. The molecular weight excluding hydrogens is 440 g/mol. The lowest BCUT2D eigenvalue weighted by Crippen LogP contribution is -2.41. The zero-order chi connectivity index (χ0) is 20.4. The van der Waals surface area contributed by atoms with Crippen LogP contribution in [0.15, 0.2) is 40.9 Å². The van der Waals surface area contributed by atoms with Gasteiger partial charge in [0, 0.05) is 22.7 Å². The number of non-ortho nitro benzene ring substituents is 2. The summed E-state index contributed by atoms with van der Waals surface area (Å²) in [5, 5.41) is 24.3. The Balaban J connectivity index is 1.80. The summed E-state index contributed by atoms with van der Waals surface area (Å²) in [5.41, 5.74) is 0.0947. The first-order valence-corrected chi connectivity index (χ1v) is 8.52. The molecule has 0 spiro atoms. The summed E-state index contributed by atoms with van der Waals surface area (Å²) in [4.78, 5) is 46.1. The molecule has 1 heterocycles. The molecule has 12 heteroatoms. The number of ether oxygens (including phenoxy) is 1. The van der Waals surface area contributed by atoms with Crippen molar-refractivity contribution in [2.45, 2.75) is 0 Å². The zero-order valence-corrected chi connectivity index (χ0v) is 15.5. The van der Waals surface area contributed by atoms with Crippen LogP contribution in [0.1, 0.15) is 0 Å². The van der Waals surface area contributed by atoms with Crippen LogP contribution >= 0.6 is 15.9 Å². The number of anilines is 2. The van der Waals surface area contributed by atoms with Gasteiger partial charge in [0.1, 0.15) is 6.54 Å². The van der Waals surface area contributed by atoms with Crippen LogP contribution < -0.4 is 15.0 Å². The maximum absolute atomic E-state index is 12.4. The number of fused-ring (bicyclic) bond motifs is 1. The van der Waals surface area contributed by atoms with Crippen LogP contribution in [0.5, 0.6) is 5.75 Å². The number of hydrogen-bond acceptors (Lipinski definition) is 8. The van der Waals surface area contributed by atoms with Gasteiger partial charge in [0.25, 0.3) is 11.4 Å². The first kappa shape index (κ1) is 19.2. The van der Waals surface area contributed by atoms with E-state index in [9.17, 15) is 29.8 Å². The minimum atomic E-state index is -0.669. The Kier molecular flexibility index (Phi) is 5.22. The second kappa shape index (κ2) is 7.60. The van der Waals surface area contributed by atoms with E-state index in [0.717, 1.165) is 6.07 Å². The minimum Gasteiger partial charge on any atom is -0.423 e. The highest BCUT2D eigenvalue weighted by atomic mass is 79.9. The van der Waals surface area contributed by atoms with Gasteiger partial charge >= 0.3 is 5.97 Å². The summed E-state index contributed by atoms with van der Waals surface area (Å²) in [6.07, 6.45) is 0. The molecule has 2 aromatic carbocycles. The Labute approximate surface area is 165 Å². The number of nitrogens with one attached hydrogen (secondary N) is 1. The van der Waals surface area contributed by atoms with Gasteiger partial charge < -0.3 is 15.0 Å². The van der Waals surface area contributed by atoms with Gasteiger partial charge in [0.15, 0.2) is 5.75 Å². The van der Waals surface area contributed by atoms with Crippen LogP contribution in [0.25, 0.3) is 0 Å². The molecule has 1 amide bonds. The van der Waals surface area contributed by atoms with Crippen molar-refractivity contribution in [1.29, 1.82) is 0 Å². The number of esters is 1. The number of amides is 1. The van der Waals surface area contributed by atoms with Crippen molar-refractivity contribution in [1.82, 2.24) is 0 Å². The fraction of sp³-hybridized carbons (Fsp3) is 0.125. The normalized spacial score (nSPS) is 12.8. The fourth-order valence-electron chi connectivity index (χ4n) is 2.58. The molecule has 0 saturated heterocycles. The summed E-state index contributed by atoms with van der Waals surface area (Å²) >= 11 is 3.20. The van der Waals surface area contributed by atoms with Crippen molar-refractivity contribution in [3.8, 4) is 5.75 Å². The first-order chi connectivity index (χ1) is 13.2. The highest BCUT2D eigenvalue weighted by Gasteiger charge is 2.27. The summed E-state index contributed by atoms with van der Waals surface area (Å²) < 4.78 is 5.46. The van der Waals surface area contributed by atoms with E-state index in [0.29, 0.717) is 10.2 Å². The molecular formula is C16H11BrN4O7. The molecule has 144 valence electrons. The van der Waals surface area contributed by atoms with Crippen molar-refractivity contribution in [3.05, 3.63) is 61.1 Å². The molecule has 0 aromatic heterocycles. The molecule has 2 aromatic rings. The second-order valence-corrected chi connectivity index (χ2v) is 6.56. The number of rotatable bonds is 5. The quantitative estimate of drug-likeness (QED) is 0.316. The van der Waals surface area contributed by atoms with Gasteiger partial charge in [-0.25, -0.2) is 4.79 Å². The van der Waals surface area contributed by atoms with Crippen LogP contribution in [0.2, 0.25) is 0 Å². The van der Waals surface area contributed by atoms with Crippen LogP contribution in [-0.2, 0) is 9.59 Å². The van der Waals surface area contributed by atoms with Gasteiger partial charge in [-0.2, -0.15) is 0 Å². The number of nitro groups is 2. The number of carbonyl (C=O) groups is 2. The van der Waals surface area contributed by atoms with Crippen LogP contribution in [-0.4, -0.2) is 34.8 Å². The Morgan fingerprint density at radius 1 is 1.14 bits per heavy atom. The maximum Gasteiger partial charge on any atom is 0.331 e. The van der Waals surface area contributed by atoms with Crippen molar-refractivity contribution in [2.75, 3.05) is 23.3 Å². The molecule has 0 fully saturated rings. The number of hydrogen-bond donors (Lipinski definition) is 1. The lowest BCUT2D eigenvalue weighted by Gasteiger charge is -2.29. The third-order valence-corrected chi connectivity index (χ3v) is 4.50. The van der Waals surface area contributed by atoms with Crippen LogP contribution in [0.4, 0.5) is 22.7 Å². The number of nitrogens with zero attached hydrogens (tertiary/aromatic N) is 3. The molecule has 0 unspecified atom stereocenters. The molecule has 0 saturated carbocycles. The van der Waals surface area contributed by atoms with Crippen LogP contribution in [0, 0.1) is 20.2 Å². The van der Waals surface area contributed by atoms with E-state index in [1.165, 1.54) is 35.2 Å². The van der Waals surface area contributed by atoms with E-state index < -0.39 is 21.7 Å². The van der Waals surface area contributed by atoms with Gasteiger partial charge in [0.2, 0.25) is 5.91 Å². The molecule has 1 aliphatic rings. The van der Waals surface area contributed by atoms with E-state index in [-0.39, 0.29) is 35.9 Å². The van der Waals surface area contributed by atoms with Crippen molar-refractivity contribution >= 4 is 50.6 Å². The average Bonchev–Trinajstić information content (AvgIpc) is 2.62. The molecule has 0 radical (unpaired) electrons. The zero-order valence-electron chi connectivity index (χ0n) is 14.0. The fourth-order valence-corrected chi connectivity index (χ4v) is 2.93. The Morgan fingerprint density at radius 3 is 2.46 bits per heavy atom. The van der Waals surface area contributed by atoms with Crippen molar-refractivity contribution in [3.63, 3.8) is 0 Å².